The smallest absolute Gasteiger partial charge is 0.223 e. The van der Waals surface area contributed by atoms with Crippen LogP contribution in [0.3, 0.4) is 0 Å². The van der Waals surface area contributed by atoms with E-state index in [0.29, 0.717) is 5.92 Å². The van der Waals surface area contributed by atoms with Crippen molar-refractivity contribution in [2.24, 2.45) is 10.9 Å². The summed E-state index contributed by atoms with van der Waals surface area (Å²) in [5.41, 5.74) is -0.549. The van der Waals surface area contributed by atoms with Crippen molar-refractivity contribution in [3.63, 3.8) is 0 Å². The summed E-state index contributed by atoms with van der Waals surface area (Å²) in [6, 6.07) is -0.213. The summed E-state index contributed by atoms with van der Waals surface area (Å²) < 4.78 is 18.4. The van der Waals surface area contributed by atoms with Crippen LogP contribution in [0.5, 0.6) is 0 Å². The summed E-state index contributed by atoms with van der Waals surface area (Å²) in [6.45, 7) is 0. The molecule has 0 bridgehead atoms. The third kappa shape index (κ3) is 1.79. The van der Waals surface area contributed by atoms with Crippen LogP contribution >= 0.6 is 11.6 Å². The minimum Gasteiger partial charge on any atom is -0.482 e. The lowest BCUT2D eigenvalue weighted by atomic mass is 10.1. The number of nitrogens with zero attached hydrogens (tertiary/aromatic N) is 1. The summed E-state index contributed by atoms with van der Waals surface area (Å²) in [7, 11) is 1.42. The number of aliphatic imine (C=N–C) groups is 1. The van der Waals surface area contributed by atoms with Crippen LogP contribution in [0.15, 0.2) is 4.99 Å². The molecule has 3 nitrogen and oxygen atoms in total. The minimum atomic E-state index is -1.15. The Kier molecular flexibility index (Phi) is 2.43. The van der Waals surface area contributed by atoms with E-state index in [1.54, 1.807) is 0 Å². The molecule has 0 aromatic carbocycles. The largest absolute Gasteiger partial charge is 0.482 e. The maximum absolute atomic E-state index is 13.6. The molecular formula is C8H12ClFN2O. The Morgan fingerprint density at radius 3 is 2.85 bits per heavy atom. The molecule has 0 aromatic heterocycles. The van der Waals surface area contributed by atoms with E-state index in [1.807, 2.05) is 0 Å². The van der Waals surface area contributed by atoms with Gasteiger partial charge in [0.15, 0.2) is 11.8 Å². The molecule has 0 radical (unpaired) electrons. The fourth-order valence-corrected chi connectivity index (χ4v) is 1.85. The lowest BCUT2D eigenvalue weighted by Crippen LogP contribution is -2.51. The Bertz CT molecular complexity index is 232. The Hall–Kier alpha value is -0.350. The normalized spacial score (nSPS) is 39.9. The highest BCUT2D eigenvalue weighted by Crippen LogP contribution is 2.36. The van der Waals surface area contributed by atoms with Crippen molar-refractivity contribution in [1.29, 1.82) is 0 Å². The summed E-state index contributed by atoms with van der Waals surface area (Å²) in [4.78, 5) is 3.82. The van der Waals surface area contributed by atoms with E-state index in [0.717, 1.165) is 12.8 Å². The lowest BCUT2D eigenvalue weighted by Gasteiger charge is -2.28. The molecule has 1 fully saturated rings. The predicted octanol–water partition coefficient (Wildman–Crippen LogP) is 1.27. The van der Waals surface area contributed by atoms with Crippen molar-refractivity contribution < 1.29 is 9.13 Å². The van der Waals surface area contributed by atoms with Crippen LogP contribution in [0.1, 0.15) is 12.8 Å². The fraction of sp³-hybridized carbons (Fsp3) is 0.875. The van der Waals surface area contributed by atoms with E-state index in [1.165, 1.54) is 7.11 Å². The van der Waals surface area contributed by atoms with Gasteiger partial charge in [-0.2, -0.15) is 0 Å². The maximum Gasteiger partial charge on any atom is 0.223 e. The third-order valence-electron chi connectivity index (χ3n) is 2.46. The molecule has 0 amide bonds. The first-order chi connectivity index (χ1) is 6.22. The van der Waals surface area contributed by atoms with Crippen LogP contribution in [0.4, 0.5) is 4.39 Å². The number of hydrogen-bond donors (Lipinski definition) is 1. The average molecular weight is 207 g/mol. The van der Waals surface area contributed by atoms with Gasteiger partial charge in [0, 0.05) is 0 Å². The van der Waals surface area contributed by atoms with Crippen molar-refractivity contribution in [2.45, 2.75) is 30.7 Å². The van der Waals surface area contributed by atoms with Gasteiger partial charge in [0.25, 0.3) is 0 Å². The molecule has 0 spiro atoms. The average Bonchev–Trinajstić information content (AvgIpc) is 2.91. The molecular weight excluding hydrogens is 195 g/mol. The van der Waals surface area contributed by atoms with Gasteiger partial charge in [0.1, 0.15) is 0 Å². The highest BCUT2D eigenvalue weighted by atomic mass is 35.5. The quantitative estimate of drug-likeness (QED) is 0.518. The predicted molar refractivity (Wildman–Crippen MR) is 48.6 cm³/mol. The van der Waals surface area contributed by atoms with Gasteiger partial charge in [-0.25, -0.2) is 9.38 Å². The summed E-state index contributed by atoms with van der Waals surface area (Å²) in [5, 5.41) is 2.92. The Morgan fingerprint density at radius 1 is 1.62 bits per heavy atom. The monoisotopic (exact) mass is 206 g/mol. The van der Waals surface area contributed by atoms with E-state index in [-0.39, 0.29) is 11.9 Å². The number of alkyl halides is 2. The molecule has 1 aliphatic heterocycles. The number of hydrogen-bond acceptors (Lipinski definition) is 3. The molecule has 2 aliphatic rings. The van der Waals surface area contributed by atoms with E-state index < -0.39 is 11.8 Å². The Labute approximate surface area is 81.3 Å². The molecule has 2 rings (SSSR count). The Balaban J connectivity index is 2.11. The fourth-order valence-electron chi connectivity index (χ4n) is 1.61. The second-order valence-corrected chi connectivity index (χ2v) is 3.85. The molecule has 74 valence electrons. The maximum atomic E-state index is 13.6. The number of nitrogens with one attached hydrogen (secondary N) is 1. The molecule has 1 aliphatic carbocycles. The molecule has 13 heavy (non-hydrogen) atoms. The van der Waals surface area contributed by atoms with Crippen LogP contribution in [0.25, 0.3) is 0 Å². The topological polar surface area (TPSA) is 33.6 Å². The molecule has 0 saturated heterocycles. The summed E-state index contributed by atoms with van der Waals surface area (Å²) in [5.74, 6) is 0.521. The van der Waals surface area contributed by atoms with Gasteiger partial charge in [-0.3, -0.25) is 5.32 Å². The molecule has 3 unspecified atom stereocenters. The molecule has 1 heterocycles. The van der Waals surface area contributed by atoms with Crippen LogP contribution in [0.2, 0.25) is 0 Å². The van der Waals surface area contributed by atoms with Crippen molar-refractivity contribution in [1.82, 2.24) is 5.32 Å². The number of ether oxygens (including phenoxy) is 1. The van der Waals surface area contributed by atoms with Gasteiger partial charge in [0.05, 0.1) is 13.2 Å². The summed E-state index contributed by atoms with van der Waals surface area (Å²) >= 11 is 5.78. The van der Waals surface area contributed by atoms with Crippen LogP contribution in [0, 0.1) is 5.92 Å². The van der Waals surface area contributed by atoms with Gasteiger partial charge in [-0.15, -0.1) is 0 Å². The van der Waals surface area contributed by atoms with E-state index in [4.69, 9.17) is 16.3 Å². The Morgan fingerprint density at radius 2 is 2.31 bits per heavy atom. The number of methoxy groups -OCH3 is 1. The highest BCUT2D eigenvalue weighted by molar-refractivity contribution is 6.21. The van der Waals surface area contributed by atoms with Gasteiger partial charge in [-0.1, -0.05) is 11.6 Å². The lowest BCUT2D eigenvalue weighted by molar-refractivity contribution is 0.225. The molecule has 0 aromatic rings. The second-order valence-electron chi connectivity index (χ2n) is 3.44. The molecule has 1 saturated carbocycles. The van der Waals surface area contributed by atoms with E-state index >= 15 is 0 Å². The molecule has 5 heteroatoms. The minimum absolute atomic E-state index is 0.121. The zero-order chi connectivity index (χ0) is 9.42. The first-order valence-corrected chi connectivity index (χ1v) is 4.82. The van der Waals surface area contributed by atoms with Gasteiger partial charge in [-0.05, 0) is 18.8 Å². The van der Waals surface area contributed by atoms with Crippen LogP contribution < -0.4 is 5.32 Å². The molecule has 1 N–H and O–H groups in total. The SMILES string of the molecule is COC1=NC(Cl)NC(C2CC2)C1F. The standard InChI is InChI=1S/C8H12ClFN2O/c1-13-7-5(10)6(4-2-3-4)11-8(9)12-7/h4-6,8,11H,2-3H2,1H3. The van der Waals surface area contributed by atoms with Gasteiger partial charge >= 0.3 is 0 Å². The van der Waals surface area contributed by atoms with Crippen molar-refractivity contribution in [3.05, 3.63) is 0 Å². The second kappa shape index (κ2) is 3.42. The van der Waals surface area contributed by atoms with Gasteiger partial charge < -0.3 is 4.74 Å². The summed E-state index contributed by atoms with van der Waals surface area (Å²) in [6.07, 6.45) is 0.990. The first-order valence-electron chi connectivity index (χ1n) is 4.38. The highest BCUT2D eigenvalue weighted by Gasteiger charge is 2.43. The van der Waals surface area contributed by atoms with Crippen LogP contribution in [-0.4, -0.2) is 30.8 Å². The van der Waals surface area contributed by atoms with E-state index in [2.05, 4.69) is 10.3 Å². The zero-order valence-electron chi connectivity index (χ0n) is 7.34. The molecule has 3 atom stereocenters. The van der Waals surface area contributed by atoms with Crippen molar-refractivity contribution >= 4 is 17.5 Å². The number of halogens is 2. The van der Waals surface area contributed by atoms with E-state index in [9.17, 15) is 4.39 Å². The first kappa shape index (κ1) is 9.21. The van der Waals surface area contributed by atoms with Crippen LogP contribution in [-0.2, 0) is 4.74 Å². The zero-order valence-corrected chi connectivity index (χ0v) is 8.09. The van der Waals surface area contributed by atoms with Crippen molar-refractivity contribution in [2.75, 3.05) is 7.11 Å². The number of rotatable bonds is 1. The van der Waals surface area contributed by atoms with Crippen molar-refractivity contribution in [3.8, 4) is 0 Å². The van der Waals surface area contributed by atoms with Gasteiger partial charge in [0.2, 0.25) is 5.90 Å². The third-order valence-corrected chi connectivity index (χ3v) is 2.68.